The average Bonchev–Trinajstić information content (AvgIpc) is 3.92. The van der Waals surface area contributed by atoms with Crippen molar-refractivity contribution in [3.05, 3.63) is 277 Å². The van der Waals surface area contributed by atoms with Crippen molar-refractivity contribution in [2.75, 3.05) is 0 Å². The molecule has 0 amide bonds. The van der Waals surface area contributed by atoms with Gasteiger partial charge in [0.2, 0.25) is 0 Å². The van der Waals surface area contributed by atoms with Gasteiger partial charge >= 0.3 is 0 Å². The Morgan fingerprint density at radius 3 is 1.39 bits per heavy atom. The summed E-state index contributed by atoms with van der Waals surface area (Å²) in [5.74, 6) is 0.696. The van der Waals surface area contributed by atoms with Crippen LogP contribution in [0.2, 0.25) is 0 Å². The molecule has 0 aliphatic heterocycles. The summed E-state index contributed by atoms with van der Waals surface area (Å²) >= 11 is 0. The smallest absolute Gasteiger partial charge is 0.160 e. The molecule has 15 rings (SSSR count). The summed E-state index contributed by atoms with van der Waals surface area (Å²) in [4.78, 5) is 10.9. The van der Waals surface area contributed by atoms with Crippen LogP contribution >= 0.6 is 0 Å². The van der Waals surface area contributed by atoms with Gasteiger partial charge in [0.25, 0.3) is 0 Å². The second-order valence-electron chi connectivity index (χ2n) is 19.1. The van der Waals surface area contributed by atoms with E-state index in [1.54, 1.807) is 0 Å². The van der Waals surface area contributed by atoms with Crippen molar-refractivity contribution >= 4 is 43.1 Å². The van der Waals surface area contributed by atoms with Crippen molar-refractivity contribution in [2.45, 2.75) is 5.41 Å². The fourth-order valence-electron chi connectivity index (χ4n) is 12.6. The molecule has 0 radical (unpaired) electrons. The highest BCUT2D eigenvalue weighted by Crippen LogP contribution is 2.63. The lowest BCUT2D eigenvalue weighted by molar-refractivity contribution is 0.794. The van der Waals surface area contributed by atoms with Gasteiger partial charge in [-0.2, -0.15) is 0 Å². The summed E-state index contributed by atoms with van der Waals surface area (Å²) in [7, 11) is 0. The van der Waals surface area contributed by atoms with Crippen LogP contribution < -0.4 is 0 Å². The minimum atomic E-state index is -0.460. The third-order valence-electron chi connectivity index (χ3n) is 15.5. The Bertz CT molecular complexity index is 4280. The first-order valence-corrected chi connectivity index (χ1v) is 24.6. The van der Waals surface area contributed by atoms with Gasteiger partial charge in [0.1, 0.15) is 0 Å². The fourth-order valence-corrected chi connectivity index (χ4v) is 12.6. The molecule has 2 aliphatic rings. The maximum Gasteiger partial charge on any atom is 0.160 e. The van der Waals surface area contributed by atoms with Crippen molar-refractivity contribution in [3.63, 3.8) is 0 Å². The van der Waals surface area contributed by atoms with Crippen LogP contribution in [0.15, 0.2) is 255 Å². The van der Waals surface area contributed by atoms with E-state index < -0.39 is 5.41 Å². The molecule has 328 valence electrons. The predicted octanol–water partition coefficient (Wildman–Crippen LogP) is 17.8. The molecule has 1 heterocycles. The molecule has 0 atom stereocenters. The van der Waals surface area contributed by atoms with Gasteiger partial charge in [0, 0.05) is 16.7 Å². The van der Waals surface area contributed by atoms with Gasteiger partial charge in [-0.3, -0.25) is 0 Å². The first-order chi connectivity index (χ1) is 35.2. The summed E-state index contributed by atoms with van der Waals surface area (Å²) in [5, 5.41) is 9.75. The van der Waals surface area contributed by atoms with E-state index in [1.165, 1.54) is 104 Å². The zero-order chi connectivity index (χ0) is 46.6. The summed E-state index contributed by atoms with van der Waals surface area (Å²) in [6, 6.07) is 93.5. The molecule has 0 saturated carbocycles. The van der Waals surface area contributed by atoms with Gasteiger partial charge in [-0.25, -0.2) is 9.97 Å². The summed E-state index contributed by atoms with van der Waals surface area (Å²) in [6.45, 7) is 0. The standard InChI is InChI=1S/C69H42N2/c1-3-20-44(21-4-1)65-55-30-11-12-31-56(55)67(66-47-24-8-7-19-43(47)35-38-58(65)66)57-40-39-54(48-25-9-10-26-49(48)57)64-42-63(70-68(71-64)45-22-5-2-6-23-45)46-36-37-53-52-29-15-18-34-61(52)69(62(53)41-46)59-32-16-13-27-50(59)51-28-14-17-33-60(51)69/h1-42H. The Labute approximate surface area is 411 Å². The Hall–Kier alpha value is -9.24. The second-order valence-corrected chi connectivity index (χ2v) is 19.1. The topological polar surface area (TPSA) is 25.8 Å². The number of benzene rings is 12. The number of rotatable bonds is 5. The van der Waals surface area contributed by atoms with E-state index >= 15 is 0 Å². The molecule has 0 N–H and O–H groups in total. The lowest BCUT2D eigenvalue weighted by Gasteiger charge is -2.30. The molecular formula is C69H42N2. The molecule has 0 saturated heterocycles. The van der Waals surface area contributed by atoms with E-state index in [4.69, 9.17) is 9.97 Å². The van der Waals surface area contributed by atoms with Crippen molar-refractivity contribution in [1.82, 2.24) is 9.97 Å². The first-order valence-electron chi connectivity index (χ1n) is 24.6. The number of aromatic nitrogens is 2. The second kappa shape index (κ2) is 15.4. The molecule has 1 aromatic heterocycles. The van der Waals surface area contributed by atoms with Crippen LogP contribution in [0, 0.1) is 0 Å². The minimum absolute atomic E-state index is 0.460. The van der Waals surface area contributed by atoms with Crippen molar-refractivity contribution < 1.29 is 0 Å². The molecular weight excluding hydrogens is 857 g/mol. The van der Waals surface area contributed by atoms with Crippen LogP contribution in [-0.2, 0) is 5.41 Å². The predicted molar refractivity (Wildman–Crippen MR) is 296 cm³/mol. The van der Waals surface area contributed by atoms with Gasteiger partial charge in [-0.15, -0.1) is 0 Å². The highest BCUT2D eigenvalue weighted by atomic mass is 14.9. The average molecular weight is 899 g/mol. The van der Waals surface area contributed by atoms with Crippen LogP contribution in [0.1, 0.15) is 22.3 Å². The third kappa shape index (κ3) is 5.71. The quantitative estimate of drug-likeness (QED) is 0.127. The molecule has 2 aliphatic carbocycles. The van der Waals surface area contributed by atoms with E-state index in [0.717, 1.165) is 33.5 Å². The fraction of sp³-hybridized carbons (Fsp3) is 0.0145. The van der Waals surface area contributed by atoms with Gasteiger partial charge in [-0.05, 0) is 122 Å². The molecule has 0 unspecified atom stereocenters. The third-order valence-corrected chi connectivity index (χ3v) is 15.5. The molecule has 0 fully saturated rings. The van der Waals surface area contributed by atoms with E-state index in [1.807, 2.05) is 0 Å². The summed E-state index contributed by atoms with van der Waals surface area (Å²) in [5.41, 5.74) is 19.7. The molecule has 2 heteroatoms. The normalized spacial score (nSPS) is 12.9. The molecule has 12 aromatic carbocycles. The zero-order valence-electron chi connectivity index (χ0n) is 38.6. The minimum Gasteiger partial charge on any atom is -0.228 e. The van der Waals surface area contributed by atoms with E-state index in [2.05, 4.69) is 255 Å². The van der Waals surface area contributed by atoms with Crippen LogP contribution in [0.5, 0.6) is 0 Å². The Morgan fingerprint density at radius 1 is 0.254 bits per heavy atom. The van der Waals surface area contributed by atoms with E-state index in [-0.39, 0.29) is 0 Å². The zero-order valence-corrected chi connectivity index (χ0v) is 38.6. The van der Waals surface area contributed by atoms with Crippen molar-refractivity contribution in [2.24, 2.45) is 0 Å². The molecule has 1 spiro atoms. The van der Waals surface area contributed by atoms with Crippen LogP contribution in [0.25, 0.3) is 122 Å². The van der Waals surface area contributed by atoms with Gasteiger partial charge in [-0.1, -0.05) is 243 Å². The Kier molecular flexibility index (Phi) is 8.61. The van der Waals surface area contributed by atoms with Gasteiger partial charge in [0.05, 0.1) is 16.8 Å². The lowest BCUT2D eigenvalue weighted by atomic mass is 9.70. The number of hydrogen-bond donors (Lipinski definition) is 0. The number of hydrogen-bond acceptors (Lipinski definition) is 2. The SMILES string of the molecule is c1ccc(-c2nc(-c3ccc4c(c3)C3(c5ccccc5-c5ccccc53)c3ccccc3-4)cc(-c3ccc(-c4c5ccccc5c(-c5ccccc5)c5ccc6ccccc6c45)c4ccccc34)n2)cc1. The largest absolute Gasteiger partial charge is 0.228 e. The number of nitrogens with zero attached hydrogens (tertiary/aromatic N) is 2. The van der Waals surface area contributed by atoms with Crippen molar-refractivity contribution in [1.29, 1.82) is 0 Å². The maximum absolute atomic E-state index is 5.46. The molecule has 13 aromatic rings. The number of fused-ring (bicyclic) bond motifs is 15. The molecule has 2 nitrogen and oxygen atoms in total. The molecule has 0 bridgehead atoms. The molecule has 71 heavy (non-hydrogen) atoms. The highest BCUT2D eigenvalue weighted by Gasteiger charge is 2.51. The monoisotopic (exact) mass is 898 g/mol. The highest BCUT2D eigenvalue weighted by molar-refractivity contribution is 6.29. The Balaban J connectivity index is 0.972. The van der Waals surface area contributed by atoms with E-state index in [0.29, 0.717) is 5.82 Å². The van der Waals surface area contributed by atoms with Gasteiger partial charge < -0.3 is 0 Å². The van der Waals surface area contributed by atoms with E-state index in [9.17, 15) is 0 Å². The first kappa shape index (κ1) is 39.7. The van der Waals surface area contributed by atoms with Crippen molar-refractivity contribution in [3.8, 4) is 78.4 Å². The van der Waals surface area contributed by atoms with Crippen LogP contribution in [-0.4, -0.2) is 9.97 Å². The summed E-state index contributed by atoms with van der Waals surface area (Å²) in [6.07, 6.45) is 0. The Morgan fingerprint density at radius 2 is 0.732 bits per heavy atom. The lowest BCUT2D eigenvalue weighted by Crippen LogP contribution is -2.25. The van der Waals surface area contributed by atoms with Crippen LogP contribution in [0.3, 0.4) is 0 Å². The van der Waals surface area contributed by atoms with Gasteiger partial charge in [0.15, 0.2) is 5.82 Å². The van der Waals surface area contributed by atoms with Crippen LogP contribution in [0.4, 0.5) is 0 Å². The summed E-state index contributed by atoms with van der Waals surface area (Å²) < 4.78 is 0. The maximum atomic E-state index is 5.46.